The van der Waals surface area contributed by atoms with Gasteiger partial charge in [0.05, 0.1) is 6.54 Å². The Balaban J connectivity index is 1.42. The third-order valence-electron chi connectivity index (χ3n) is 5.27. The largest absolute Gasteiger partial charge is 0.343 e. The zero-order valence-electron chi connectivity index (χ0n) is 15.4. The number of nitrogens with zero attached hydrogens (tertiary/aromatic N) is 2. The number of hydrogen-bond donors (Lipinski definition) is 1. The maximum atomic E-state index is 12.6. The maximum Gasteiger partial charge on any atom is 0.251 e. The first-order valence-corrected chi connectivity index (χ1v) is 9.46. The summed E-state index contributed by atoms with van der Waals surface area (Å²) in [4.78, 5) is 51.7. The van der Waals surface area contributed by atoms with Crippen LogP contribution in [-0.4, -0.2) is 66.0 Å². The van der Waals surface area contributed by atoms with E-state index in [1.54, 1.807) is 34.1 Å². The van der Waals surface area contributed by atoms with Crippen LogP contribution in [-0.2, 0) is 14.4 Å². The molecule has 0 spiro atoms. The molecule has 0 saturated carbocycles. The maximum absolute atomic E-state index is 12.6. The molecule has 144 valence electrons. The van der Waals surface area contributed by atoms with Gasteiger partial charge in [-0.05, 0) is 25.0 Å². The number of hydrogen-bond acceptors (Lipinski definition) is 4. The number of nitrogens with one attached hydrogen (secondary N) is 1. The van der Waals surface area contributed by atoms with Crippen molar-refractivity contribution < 1.29 is 19.2 Å². The Morgan fingerprint density at radius 2 is 1.56 bits per heavy atom. The fourth-order valence-electron chi connectivity index (χ4n) is 3.57. The lowest BCUT2D eigenvalue weighted by molar-refractivity contribution is -0.142. The topological polar surface area (TPSA) is 86.8 Å². The average Bonchev–Trinajstić information content (AvgIpc) is 2.72. The van der Waals surface area contributed by atoms with E-state index in [9.17, 15) is 19.2 Å². The van der Waals surface area contributed by atoms with Crippen molar-refractivity contribution in [3.63, 3.8) is 0 Å². The molecule has 1 aromatic rings. The minimum atomic E-state index is -0.270. The number of amides is 3. The molecule has 0 aliphatic carbocycles. The van der Waals surface area contributed by atoms with Gasteiger partial charge in [0.2, 0.25) is 11.8 Å². The van der Waals surface area contributed by atoms with Gasteiger partial charge in [-0.25, -0.2) is 0 Å². The van der Waals surface area contributed by atoms with Crippen LogP contribution >= 0.6 is 0 Å². The van der Waals surface area contributed by atoms with Gasteiger partial charge in [0.25, 0.3) is 5.91 Å². The molecule has 2 aliphatic heterocycles. The van der Waals surface area contributed by atoms with Crippen molar-refractivity contribution in [3.05, 3.63) is 35.9 Å². The van der Waals surface area contributed by atoms with Crippen LogP contribution in [0.15, 0.2) is 30.3 Å². The number of carbonyl (C=O) groups is 4. The van der Waals surface area contributed by atoms with E-state index in [1.165, 1.54) is 0 Å². The smallest absolute Gasteiger partial charge is 0.251 e. The van der Waals surface area contributed by atoms with E-state index in [1.807, 2.05) is 6.07 Å². The number of benzene rings is 1. The Morgan fingerprint density at radius 3 is 2.19 bits per heavy atom. The molecule has 3 rings (SSSR count). The molecule has 2 heterocycles. The van der Waals surface area contributed by atoms with Gasteiger partial charge < -0.3 is 15.1 Å². The average molecular weight is 371 g/mol. The van der Waals surface area contributed by atoms with Crippen molar-refractivity contribution >= 4 is 23.5 Å². The van der Waals surface area contributed by atoms with Gasteiger partial charge in [-0.15, -0.1) is 0 Å². The first-order chi connectivity index (χ1) is 13.0. The third kappa shape index (κ3) is 4.93. The van der Waals surface area contributed by atoms with Gasteiger partial charge >= 0.3 is 0 Å². The summed E-state index contributed by atoms with van der Waals surface area (Å²) in [7, 11) is 0. The Bertz CT molecular complexity index is 701. The van der Waals surface area contributed by atoms with Gasteiger partial charge in [-0.1, -0.05) is 18.2 Å². The molecular weight excluding hydrogens is 346 g/mol. The summed E-state index contributed by atoms with van der Waals surface area (Å²) in [5, 5.41) is 2.65. The molecule has 2 saturated heterocycles. The number of likely N-dealkylation sites (tertiary alicyclic amines) is 2. The standard InChI is InChI=1S/C20H25N3O4/c24-17-8-12-23(13-9-17)20(27)16-6-10-22(11-7-16)18(25)14-21-19(26)15-4-2-1-3-5-15/h1-5,16H,6-14H2,(H,21,26). The van der Waals surface area contributed by atoms with Crippen LogP contribution in [0.2, 0.25) is 0 Å². The molecule has 1 N–H and O–H groups in total. The summed E-state index contributed by atoms with van der Waals surface area (Å²) in [5.41, 5.74) is 0.523. The second-order valence-corrected chi connectivity index (χ2v) is 7.07. The van der Waals surface area contributed by atoms with Gasteiger partial charge in [0, 0.05) is 50.5 Å². The fourth-order valence-corrected chi connectivity index (χ4v) is 3.57. The SMILES string of the molecule is O=C1CCN(C(=O)C2CCN(C(=O)CNC(=O)c3ccccc3)CC2)CC1. The number of Topliss-reactive ketones (excluding diaryl/α,β-unsaturated/α-hetero) is 1. The van der Waals surface area contributed by atoms with Crippen LogP contribution in [0.25, 0.3) is 0 Å². The summed E-state index contributed by atoms with van der Waals surface area (Å²) < 4.78 is 0. The number of piperidine rings is 2. The van der Waals surface area contributed by atoms with Gasteiger partial charge in [-0.2, -0.15) is 0 Å². The molecule has 7 nitrogen and oxygen atoms in total. The van der Waals surface area contributed by atoms with Crippen molar-refractivity contribution in [1.29, 1.82) is 0 Å². The lowest BCUT2D eigenvalue weighted by atomic mass is 9.94. The Morgan fingerprint density at radius 1 is 0.926 bits per heavy atom. The van der Waals surface area contributed by atoms with E-state index in [2.05, 4.69) is 5.32 Å². The monoisotopic (exact) mass is 371 g/mol. The minimum Gasteiger partial charge on any atom is -0.343 e. The van der Waals surface area contributed by atoms with Gasteiger partial charge in [-0.3, -0.25) is 19.2 Å². The second kappa shape index (κ2) is 8.79. The molecule has 0 bridgehead atoms. The van der Waals surface area contributed by atoms with Gasteiger partial charge in [0.15, 0.2) is 0 Å². The van der Waals surface area contributed by atoms with E-state index in [0.717, 1.165) is 0 Å². The second-order valence-electron chi connectivity index (χ2n) is 7.07. The number of ketones is 1. The normalized spacial score (nSPS) is 18.3. The quantitative estimate of drug-likeness (QED) is 0.850. The van der Waals surface area contributed by atoms with E-state index in [0.29, 0.717) is 57.4 Å². The molecule has 1 aromatic carbocycles. The van der Waals surface area contributed by atoms with Crippen LogP contribution in [0.5, 0.6) is 0 Å². The van der Waals surface area contributed by atoms with E-state index in [4.69, 9.17) is 0 Å². The van der Waals surface area contributed by atoms with E-state index < -0.39 is 0 Å². The molecule has 0 unspecified atom stereocenters. The first-order valence-electron chi connectivity index (χ1n) is 9.46. The van der Waals surface area contributed by atoms with E-state index >= 15 is 0 Å². The Labute approximate surface area is 158 Å². The molecule has 0 atom stereocenters. The highest BCUT2D eigenvalue weighted by atomic mass is 16.2. The lowest BCUT2D eigenvalue weighted by Crippen LogP contribution is -2.48. The van der Waals surface area contributed by atoms with Crippen molar-refractivity contribution in [2.45, 2.75) is 25.7 Å². The number of carbonyl (C=O) groups excluding carboxylic acids is 4. The summed E-state index contributed by atoms with van der Waals surface area (Å²) in [6.45, 7) is 2.03. The lowest BCUT2D eigenvalue weighted by Gasteiger charge is -2.35. The van der Waals surface area contributed by atoms with Crippen molar-refractivity contribution in [2.24, 2.45) is 5.92 Å². The summed E-state index contributed by atoms with van der Waals surface area (Å²) in [5.74, 6) is -0.160. The van der Waals surface area contributed by atoms with Crippen molar-refractivity contribution in [3.8, 4) is 0 Å². The molecular formula is C20H25N3O4. The van der Waals surface area contributed by atoms with Crippen molar-refractivity contribution in [1.82, 2.24) is 15.1 Å². The summed E-state index contributed by atoms with van der Waals surface area (Å²) in [6, 6.07) is 8.78. The highest BCUT2D eigenvalue weighted by Gasteiger charge is 2.31. The minimum absolute atomic E-state index is 0.0411. The zero-order valence-corrected chi connectivity index (χ0v) is 15.4. The zero-order chi connectivity index (χ0) is 19.2. The van der Waals surface area contributed by atoms with Crippen LogP contribution in [0.3, 0.4) is 0 Å². The summed E-state index contributed by atoms with van der Waals surface area (Å²) in [6.07, 6.45) is 2.15. The molecule has 27 heavy (non-hydrogen) atoms. The van der Waals surface area contributed by atoms with E-state index in [-0.39, 0.29) is 36.0 Å². The predicted octanol–water partition coefficient (Wildman–Crippen LogP) is 0.847. The number of rotatable bonds is 4. The van der Waals surface area contributed by atoms with Crippen LogP contribution < -0.4 is 5.32 Å². The molecule has 2 fully saturated rings. The molecule has 2 aliphatic rings. The van der Waals surface area contributed by atoms with Crippen molar-refractivity contribution in [2.75, 3.05) is 32.7 Å². The molecule has 0 aromatic heterocycles. The van der Waals surface area contributed by atoms with Crippen LogP contribution in [0, 0.1) is 5.92 Å². The molecule has 7 heteroatoms. The molecule has 3 amide bonds. The highest BCUT2D eigenvalue weighted by Crippen LogP contribution is 2.21. The van der Waals surface area contributed by atoms with Crippen LogP contribution in [0.4, 0.5) is 0 Å². The van der Waals surface area contributed by atoms with Gasteiger partial charge in [0.1, 0.15) is 5.78 Å². The Kier molecular flexibility index (Phi) is 6.21. The fraction of sp³-hybridized carbons (Fsp3) is 0.500. The summed E-state index contributed by atoms with van der Waals surface area (Å²) >= 11 is 0. The molecule has 0 radical (unpaired) electrons. The first kappa shape index (κ1) is 19.1. The highest BCUT2D eigenvalue weighted by molar-refractivity contribution is 5.96. The Hall–Kier alpha value is -2.70. The van der Waals surface area contributed by atoms with Crippen LogP contribution in [0.1, 0.15) is 36.0 Å². The third-order valence-corrected chi connectivity index (χ3v) is 5.27. The predicted molar refractivity (Wildman–Crippen MR) is 98.9 cm³/mol.